The molecular formula is C20H26Cl2N4O4. The number of nitrogens with zero attached hydrogens (tertiary/aromatic N) is 2. The van der Waals surface area contributed by atoms with Crippen molar-refractivity contribution in [2.45, 2.75) is 40.2 Å². The SMILES string of the molecule is CCCCn1c(N)c(N(CC(C)C)C(=O)COc2ccc(Cl)cc2Cl)c(=O)[nH]c1=O. The molecule has 0 radical (unpaired) electrons. The van der Waals surface area contributed by atoms with Crippen LogP contribution in [0.15, 0.2) is 27.8 Å². The van der Waals surface area contributed by atoms with E-state index in [-0.39, 0.29) is 41.3 Å². The van der Waals surface area contributed by atoms with E-state index in [4.69, 9.17) is 33.7 Å². The van der Waals surface area contributed by atoms with Crippen molar-refractivity contribution in [1.82, 2.24) is 9.55 Å². The lowest BCUT2D eigenvalue weighted by Gasteiger charge is -2.26. The number of nitrogen functional groups attached to an aromatic ring is 1. The maximum atomic E-state index is 13.0. The van der Waals surface area contributed by atoms with Crippen LogP contribution in [-0.2, 0) is 11.3 Å². The van der Waals surface area contributed by atoms with Crippen LogP contribution in [0.25, 0.3) is 0 Å². The molecule has 0 spiro atoms. The van der Waals surface area contributed by atoms with Gasteiger partial charge in [-0.3, -0.25) is 19.1 Å². The number of carbonyl (C=O) groups is 1. The zero-order valence-electron chi connectivity index (χ0n) is 17.2. The van der Waals surface area contributed by atoms with Crippen molar-refractivity contribution < 1.29 is 9.53 Å². The van der Waals surface area contributed by atoms with E-state index < -0.39 is 17.2 Å². The van der Waals surface area contributed by atoms with Crippen LogP contribution in [-0.4, -0.2) is 28.6 Å². The molecular weight excluding hydrogens is 431 g/mol. The number of aromatic amines is 1. The van der Waals surface area contributed by atoms with Gasteiger partial charge in [0.05, 0.1) is 5.02 Å². The molecule has 8 nitrogen and oxygen atoms in total. The Hall–Kier alpha value is -2.45. The third-order valence-corrected chi connectivity index (χ3v) is 4.84. The van der Waals surface area contributed by atoms with Crippen LogP contribution >= 0.6 is 23.2 Å². The van der Waals surface area contributed by atoms with E-state index >= 15 is 0 Å². The number of amides is 1. The number of rotatable bonds is 9. The molecule has 1 heterocycles. The number of unbranched alkanes of at least 4 members (excludes halogenated alkanes) is 1. The monoisotopic (exact) mass is 456 g/mol. The molecule has 2 aromatic rings. The van der Waals surface area contributed by atoms with Gasteiger partial charge in [-0.1, -0.05) is 50.4 Å². The van der Waals surface area contributed by atoms with E-state index in [1.54, 1.807) is 12.1 Å². The predicted octanol–water partition coefficient (Wildman–Crippen LogP) is 3.29. The van der Waals surface area contributed by atoms with E-state index in [1.807, 2.05) is 20.8 Å². The van der Waals surface area contributed by atoms with Gasteiger partial charge in [0, 0.05) is 18.1 Å². The number of aromatic nitrogens is 2. The van der Waals surface area contributed by atoms with Crippen LogP contribution in [0.3, 0.4) is 0 Å². The second-order valence-electron chi connectivity index (χ2n) is 7.26. The van der Waals surface area contributed by atoms with Crippen molar-refractivity contribution in [1.29, 1.82) is 0 Å². The highest BCUT2D eigenvalue weighted by atomic mass is 35.5. The first-order chi connectivity index (χ1) is 14.1. The number of hydrogen-bond donors (Lipinski definition) is 2. The van der Waals surface area contributed by atoms with E-state index in [0.717, 1.165) is 6.42 Å². The summed E-state index contributed by atoms with van der Waals surface area (Å²) in [5, 5.41) is 0.699. The molecule has 0 atom stereocenters. The Balaban J connectivity index is 2.38. The number of nitrogens with one attached hydrogen (secondary N) is 1. The zero-order chi connectivity index (χ0) is 22.4. The van der Waals surface area contributed by atoms with Crippen molar-refractivity contribution in [3.05, 3.63) is 49.1 Å². The average molecular weight is 457 g/mol. The predicted molar refractivity (Wildman–Crippen MR) is 120 cm³/mol. The molecule has 3 N–H and O–H groups in total. The van der Waals surface area contributed by atoms with Crippen molar-refractivity contribution in [3.63, 3.8) is 0 Å². The first-order valence-electron chi connectivity index (χ1n) is 9.66. The number of carbonyl (C=O) groups excluding carboxylic acids is 1. The molecule has 0 fully saturated rings. The molecule has 0 saturated carbocycles. The van der Waals surface area contributed by atoms with Crippen LogP contribution in [0.4, 0.5) is 11.5 Å². The van der Waals surface area contributed by atoms with Gasteiger partial charge in [-0.05, 0) is 30.5 Å². The molecule has 10 heteroatoms. The third-order valence-electron chi connectivity index (χ3n) is 4.31. The fraction of sp³-hybridized carbons (Fsp3) is 0.450. The van der Waals surface area contributed by atoms with Gasteiger partial charge < -0.3 is 15.4 Å². The summed E-state index contributed by atoms with van der Waals surface area (Å²) >= 11 is 12.0. The van der Waals surface area contributed by atoms with Gasteiger partial charge in [-0.25, -0.2) is 4.79 Å². The Morgan fingerprint density at radius 3 is 2.60 bits per heavy atom. The molecule has 0 aliphatic carbocycles. The molecule has 0 aliphatic rings. The van der Waals surface area contributed by atoms with Gasteiger partial charge in [-0.2, -0.15) is 0 Å². The molecule has 0 bridgehead atoms. The standard InChI is InChI=1S/C20H26Cl2N4O4/c1-4-5-8-25-18(23)17(19(28)24-20(25)29)26(10-12(2)3)16(27)11-30-15-7-6-13(21)9-14(15)22/h6-7,9,12H,4-5,8,10-11,23H2,1-3H3,(H,24,28,29). The maximum absolute atomic E-state index is 13.0. The van der Waals surface area contributed by atoms with E-state index in [2.05, 4.69) is 4.98 Å². The van der Waals surface area contributed by atoms with E-state index in [1.165, 1.54) is 15.5 Å². The van der Waals surface area contributed by atoms with Gasteiger partial charge in [0.2, 0.25) is 0 Å². The summed E-state index contributed by atoms with van der Waals surface area (Å²) in [4.78, 5) is 41.2. The molecule has 1 aromatic heterocycles. The molecule has 0 unspecified atom stereocenters. The Morgan fingerprint density at radius 2 is 2.00 bits per heavy atom. The first-order valence-corrected chi connectivity index (χ1v) is 10.4. The summed E-state index contributed by atoms with van der Waals surface area (Å²) in [6.45, 7) is 5.95. The third kappa shape index (κ3) is 5.79. The number of halogens is 2. The van der Waals surface area contributed by atoms with Crippen LogP contribution in [0.2, 0.25) is 10.0 Å². The van der Waals surface area contributed by atoms with E-state index in [9.17, 15) is 14.4 Å². The number of nitrogens with two attached hydrogens (primary N) is 1. The number of anilines is 2. The molecule has 30 heavy (non-hydrogen) atoms. The molecule has 2 rings (SSSR count). The molecule has 164 valence electrons. The van der Waals surface area contributed by atoms with Gasteiger partial charge in [0.25, 0.3) is 11.5 Å². The number of H-pyrrole nitrogens is 1. The van der Waals surface area contributed by atoms with Gasteiger partial charge in [-0.15, -0.1) is 0 Å². The minimum absolute atomic E-state index is 0.0305. The lowest BCUT2D eigenvalue weighted by Crippen LogP contribution is -2.44. The Bertz CT molecular complexity index is 1020. The van der Waals surface area contributed by atoms with Crippen LogP contribution < -0.4 is 26.6 Å². The molecule has 0 saturated heterocycles. The van der Waals surface area contributed by atoms with Crippen molar-refractivity contribution >= 4 is 40.6 Å². The van der Waals surface area contributed by atoms with Crippen molar-refractivity contribution in [2.75, 3.05) is 23.8 Å². The Morgan fingerprint density at radius 1 is 1.30 bits per heavy atom. The second-order valence-corrected chi connectivity index (χ2v) is 8.10. The maximum Gasteiger partial charge on any atom is 0.330 e. The summed E-state index contributed by atoms with van der Waals surface area (Å²) < 4.78 is 6.81. The topological polar surface area (TPSA) is 110 Å². The zero-order valence-corrected chi connectivity index (χ0v) is 18.7. The highest BCUT2D eigenvalue weighted by Crippen LogP contribution is 2.28. The summed E-state index contributed by atoms with van der Waals surface area (Å²) in [7, 11) is 0. The Labute approximate surface area is 184 Å². The van der Waals surface area contributed by atoms with Crippen LogP contribution in [0.5, 0.6) is 5.75 Å². The van der Waals surface area contributed by atoms with Gasteiger partial charge >= 0.3 is 5.69 Å². The average Bonchev–Trinajstić information content (AvgIpc) is 2.65. The summed E-state index contributed by atoms with van der Waals surface area (Å²) in [5.74, 6) is -0.222. The lowest BCUT2D eigenvalue weighted by atomic mass is 10.2. The minimum Gasteiger partial charge on any atom is -0.482 e. The minimum atomic E-state index is -0.719. The Kier molecular flexibility index (Phi) is 8.37. The van der Waals surface area contributed by atoms with Crippen LogP contribution in [0.1, 0.15) is 33.6 Å². The highest BCUT2D eigenvalue weighted by molar-refractivity contribution is 6.35. The van der Waals surface area contributed by atoms with Gasteiger partial charge in [0.1, 0.15) is 11.6 Å². The van der Waals surface area contributed by atoms with Crippen LogP contribution in [0, 0.1) is 5.92 Å². The van der Waals surface area contributed by atoms with Gasteiger partial charge in [0.15, 0.2) is 12.3 Å². The number of benzene rings is 1. The largest absolute Gasteiger partial charge is 0.482 e. The number of hydrogen-bond acceptors (Lipinski definition) is 5. The summed E-state index contributed by atoms with van der Waals surface area (Å²) in [5.41, 5.74) is 4.78. The molecule has 1 amide bonds. The highest BCUT2D eigenvalue weighted by Gasteiger charge is 2.25. The summed E-state index contributed by atoms with van der Waals surface area (Å²) in [6.07, 6.45) is 1.54. The quantitative estimate of drug-likeness (QED) is 0.601. The number of ether oxygens (including phenoxy) is 1. The normalized spacial score (nSPS) is 11.0. The fourth-order valence-electron chi connectivity index (χ4n) is 2.87. The second kappa shape index (κ2) is 10.5. The van der Waals surface area contributed by atoms with Crippen molar-refractivity contribution in [3.8, 4) is 5.75 Å². The molecule has 1 aromatic carbocycles. The van der Waals surface area contributed by atoms with Crippen molar-refractivity contribution in [2.24, 2.45) is 5.92 Å². The fourth-order valence-corrected chi connectivity index (χ4v) is 3.33. The van der Waals surface area contributed by atoms with E-state index in [0.29, 0.717) is 18.0 Å². The smallest absolute Gasteiger partial charge is 0.330 e. The molecule has 0 aliphatic heterocycles. The lowest BCUT2D eigenvalue weighted by molar-refractivity contribution is -0.120. The first kappa shape index (κ1) is 23.8. The summed E-state index contributed by atoms with van der Waals surface area (Å²) in [6, 6.07) is 4.64.